The van der Waals surface area contributed by atoms with Gasteiger partial charge in [-0.2, -0.15) is 0 Å². The Bertz CT molecular complexity index is 1040. The normalized spacial score (nSPS) is 10.2. The average Bonchev–Trinajstić information content (AvgIpc) is 2.63. The summed E-state index contributed by atoms with van der Waals surface area (Å²) < 4.78 is 13.8. The van der Waals surface area contributed by atoms with Crippen LogP contribution in [0.2, 0.25) is 0 Å². The van der Waals surface area contributed by atoms with Gasteiger partial charge in [-0.25, -0.2) is 14.4 Å². The lowest BCUT2D eigenvalue weighted by atomic mass is 10.2. The number of aromatic nitrogens is 2. The monoisotopic (exact) mass is 379 g/mol. The van der Waals surface area contributed by atoms with Gasteiger partial charge >= 0.3 is 0 Å². The van der Waals surface area contributed by atoms with Crippen LogP contribution in [0.25, 0.3) is 0 Å². The van der Waals surface area contributed by atoms with Gasteiger partial charge < -0.3 is 16.0 Å². The Hall–Kier alpha value is -3.81. The number of aryl methyl sites for hydroxylation is 1. The fraction of sp³-hybridized carbons (Fsp3) is 0.100. The molecule has 0 aliphatic heterocycles. The molecule has 0 fully saturated rings. The number of hydrogen-bond donors (Lipinski definition) is 3. The molecule has 0 spiro atoms. The topological polar surface area (TPSA) is 96.0 Å². The lowest BCUT2D eigenvalue weighted by Gasteiger charge is -2.11. The maximum atomic E-state index is 13.8. The number of nitrogens with one attached hydrogen (secondary N) is 3. The molecule has 0 aliphatic carbocycles. The van der Waals surface area contributed by atoms with E-state index in [1.807, 2.05) is 0 Å². The van der Waals surface area contributed by atoms with Gasteiger partial charge in [-0.15, -0.1) is 0 Å². The van der Waals surface area contributed by atoms with Crippen LogP contribution in [0.5, 0.6) is 0 Å². The Kier molecular flexibility index (Phi) is 5.59. The lowest BCUT2D eigenvalue weighted by molar-refractivity contribution is -0.114. The van der Waals surface area contributed by atoms with Gasteiger partial charge in [0.2, 0.25) is 5.91 Å². The fourth-order valence-electron chi connectivity index (χ4n) is 2.52. The van der Waals surface area contributed by atoms with E-state index in [1.165, 1.54) is 31.2 Å². The number of hydrogen-bond acceptors (Lipinski definition) is 5. The van der Waals surface area contributed by atoms with Crippen molar-refractivity contribution >= 4 is 34.7 Å². The summed E-state index contributed by atoms with van der Waals surface area (Å²) in [7, 11) is 0. The third-order valence-corrected chi connectivity index (χ3v) is 3.65. The average molecular weight is 379 g/mol. The van der Waals surface area contributed by atoms with Crippen LogP contribution in [0.15, 0.2) is 54.6 Å². The largest absolute Gasteiger partial charge is 0.340 e. The number of anilines is 4. The molecule has 3 aromatic rings. The zero-order valence-electron chi connectivity index (χ0n) is 15.3. The molecule has 2 amide bonds. The van der Waals surface area contributed by atoms with Crippen molar-refractivity contribution in [2.24, 2.45) is 0 Å². The molecule has 3 N–H and O–H groups in total. The van der Waals surface area contributed by atoms with E-state index in [2.05, 4.69) is 25.9 Å². The number of halogens is 1. The number of amides is 2. The number of nitrogens with zero attached hydrogens (tertiary/aromatic N) is 2. The van der Waals surface area contributed by atoms with Crippen molar-refractivity contribution in [3.05, 3.63) is 71.9 Å². The van der Waals surface area contributed by atoms with Gasteiger partial charge in [-0.1, -0.05) is 18.2 Å². The number of benzene rings is 2. The van der Waals surface area contributed by atoms with Gasteiger partial charge in [0, 0.05) is 24.4 Å². The first-order valence-electron chi connectivity index (χ1n) is 8.47. The summed E-state index contributed by atoms with van der Waals surface area (Å²) in [5.41, 5.74) is 1.46. The number of carbonyl (C=O) groups excluding carboxylic acids is 2. The molecule has 28 heavy (non-hydrogen) atoms. The minimum absolute atomic E-state index is 0.0706. The minimum atomic E-state index is -0.550. The number of para-hydroxylation sites is 1. The Morgan fingerprint density at radius 2 is 1.68 bits per heavy atom. The predicted molar refractivity (Wildman–Crippen MR) is 105 cm³/mol. The van der Waals surface area contributed by atoms with E-state index < -0.39 is 11.7 Å². The van der Waals surface area contributed by atoms with Crippen LogP contribution in [0.3, 0.4) is 0 Å². The van der Waals surface area contributed by atoms with E-state index in [-0.39, 0.29) is 17.3 Å². The molecule has 0 atom stereocenters. The van der Waals surface area contributed by atoms with Crippen LogP contribution < -0.4 is 16.0 Å². The van der Waals surface area contributed by atoms with Crippen LogP contribution in [0.4, 0.5) is 27.3 Å². The van der Waals surface area contributed by atoms with Gasteiger partial charge in [0.05, 0.1) is 5.69 Å². The molecule has 7 nitrogen and oxygen atoms in total. The Balaban J connectivity index is 1.81. The summed E-state index contributed by atoms with van der Waals surface area (Å²) in [6.07, 6.45) is 0. The fourth-order valence-corrected chi connectivity index (χ4v) is 2.52. The molecule has 0 unspecified atom stereocenters. The zero-order chi connectivity index (χ0) is 20.1. The van der Waals surface area contributed by atoms with Crippen LogP contribution in [-0.4, -0.2) is 21.8 Å². The van der Waals surface area contributed by atoms with Crippen molar-refractivity contribution in [2.75, 3.05) is 16.0 Å². The smallest absolute Gasteiger partial charge is 0.274 e. The summed E-state index contributed by atoms with van der Waals surface area (Å²) in [4.78, 5) is 32.0. The van der Waals surface area contributed by atoms with Crippen LogP contribution in [0, 0.1) is 12.7 Å². The summed E-state index contributed by atoms with van der Waals surface area (Å²) in [5.74, 6) is -0.490. The summed E-state index contributed by atoms with van der Waals surface area (Å²) in [6, 6.07) is 14.4. The Morgan fingerprint density at radius 1 is 0.929 bits per heavy atom. The second-order valence-corrected chi connectivity index (χ2v) is 6.01. The van der Waals surface area contributed by atoms with Crippen LogP contribution >= 0.6 is 0 Å². The van der Waals surface area contributed by atoms with Gasteiger partial charge in [0.1, 0.15) is 23.2 Å². The van der Waals surface area contributed by atoms with Gasteiger partial charge in [-0.3, -0.25) is 9.59 Å². The van der Waals surface area contributed by atoms with E-state index in [0.29, 0.717) is 23.0 Å². The first-order valence-corrected chi connectivity index (χ1v) is 8.47. The molecule has 3 rings (SSSR count). The molecule has 2 aromatic carbocycles. The molecule has 0 saturated heterocycles. The highest BCUT2D eigenvalue weighted by molar-refractivity contribution is 6.03. The van der Waals surface area contributed by atoms with Crippen LogP contribution in [0.1, 0.15) is 23.2 Å². The van der Waals surface area contributed by atoms with Crippen molar-refractivity contribution < 1.29 is 14.0 Å². The molecule has 0 saturated carbocycles. The highest BCUT2D eigenvalue weighted by Crippen LogP contribution is 2.20. The molecule has 142 valence electrons. The van der Waals surface area contributed by atoms with Crippen molar-refractivity contribution in [3.8, 4) is 0 Å². The van der Waals surface area contributed by atoms with Crippen molar-refractivity contribution in [1.82, 2.24) is 9.97 Å². The lowest BCUT2D eigenvalue weighted by Crippen LogP contribution is -2.16. The van der Waals surface area contributed by atoms with E-state index in [9.17, 15) is 14.0 Å². The second kappa shape index (κ2) is 8.26. The highest BCUT2D eigenvalue weighted by Gasteiger charge is 2.13. The van der Waals surface area contributed by atoms with Gasteiger partial charge in [0.15, 0.2) is 0 Å². The number of rotatable bonds is 5. The number of carbonyl (C=O) groups is 2. The van der Waals surface area contributed by atoms with E-state index >= 15 is 0 Å². The predicted octanol–water partition coefficient (Wildman–Crippen LogP) is 3.88. The third-order valence-electron chi connectivity index (χ3n) is 3.65. The third kappa shape index (κ3) is 4.88. The summed E-state index contributed by atoms with van der Waals surface area (Å²) >= 11 is 0. The van der Waals surface area contributed by atoms with E-state index in [4.69, 9.17) is 0 Å². The van der Waals surface area contributed by atoms with Crippen molar-refractivity contribution in [2.45, 2.75) is 13.8 Å². The van der Waals surface area contributed by atoms with Crippen LogP contribution in [-0.2, 0) is 4.79 Å². The van der Waals surface area contributed by atoms with Crippen molar-refractivity contribution in [1.29, 1.82) is 0 Å². The Morgan fingerprint density at radius 3 is 2.43 bits per heavy atom. The maximum Gasteiger partial charge on any atom is 0.274 e. The molecule has 0 aliphatic rings. The standard InChI is InChI=1S/C20H18FN5O2/c1-12-22-18(20(28)26-17-9-4-3-8-16(17)21)11-19(23-12)25-15-7-5-6-14(10-15)24-13(2)27/h3-11H,1-2H3,(H,24,27)(H,26,28)(H,22,23,25). The quantitative estimate of drug-likeness (QED) is 0.625. The molecule has 1 heterocycles. The maximum absolute atomic E-state index is 13.8. The Labute approximate surface area is 161 Å². The highest BCUT2D eigenvalue weighted by atomic mass is 19.1. The second-order valence-electron chi connectivity index (χ2n) is 6.01. The van der Waals surface area contributed by atoms with Gasteiger partial charge in [-0.05, 0) is 37.3 Å². The SMILES string of the molecule is CC(=O)Nc1cccc(Nc2cc(C(=O)Nc3ccccc3F)nc(C)n2)c1. The zero-order valence-corrected chi connectivity index (χ0v) is 15.3. The summed E-state index contributed by atoms with van der Waals surface area (Å²) in [5, 5.41) is 8.26. The van der Waals surface area contributed by atoms with E-state index in [0.717, 1.165) is 0 Å². The van der Waals surface area contributed by atoms with E-state index in [1.54, 1.807) is 37.3 Å². The molecule has 8 heteroatoms. The first-order chi connectivity index (χ1) is 13.4. The molecule has 1 aromatic heterocycles. The molecular formula is C20H18FN5O2. The first kappa shape index (κ1) is 19.0. The van der Waals surface area contributed by atoms with Crippen molar-refractivity contribution in [3.63, 3.8) is 0 Å². The molecule has 0 bridgehead atoms. The van der Waals surface area contributed by atoms with Gasteiger partial charge in [0.25, 0.3) is 5.91 Å². The minimum Gasteiger partial charge on any atom is -0.340 e. The molecule has 0 radical (unpaired) electrons. The summed E-state index contributed by atoms with van der Waals surface area (Å²) in [6.45, 7) is 3.08. The molecular weight excluding hydrogens is 361 g/mol.